The van der Waals surface area contributed by atoms with Gasteiger partial charge >= 0.3 is 0 Å². The third-order valence-corrected chi connectivity index (χ3v) is 6.19. The number of benzene rings is 2. The Morgan fingerprint density at radius 2 is 1.90 bits per heavy atom. The average Bonchev–Trinajstić information content (AvgIpc) is 2.73. The lowest BCUT2D eigenvalue weighted by atomic mass is 9.96. The smallest absolute Gasteiger partial charge is 0.252 e. The SMILES string of the molecule is CCCCC(CC)CNC(=O)c1c(C)c(-c2ccc(Cl)cc2Cl)nc2ccccc12. The first kappa shape index (κ1) is 22.6. The molecule has 0 bridgehead atoms. The molecule has 30 heavy (non-hydrogen) atoms. The third-order valence-electron chi connectivity index (χ3n) is 5.64. The fraction of sp³-hybridized carbons (Fsp3) is 0.360. The van der Waals surface area contributed by atoms with Crippen molar-refractivity contribution in [3.8, 4) is 11.3 Å². The maximum atomic E-state index is 13.3. The van der Waals surface area contributed by atoms with Crippen LogP contribution >= 0.6 is 23.2 Å². The molecule has 5 heteroatoms. The largest absolute Gasteiger partial charge is 0.352 e. The van der Waals surface area contributed by atoms with Crippen molar-refractivity contribution in [1.82, 2.24) is 10.3 Å². The highest BCUT2D eigenvalue weighted by Crippen LogP contribution is 2.35. The van der Waals surface area contributed by atoms with Crippen molar-refractivity contribution < 1.29 is 4.79 Å². The van der Waals surface area contributed by atoms with E-state index in [4.69, 9.17) is 28.2 Å². The maximum Gasteiger partial charge on any atom is 0.252 e. The van der Waals surface area contributed by atoms with E-state index in [0.29, 0.717) is 33.8 Å². The zero-order valence-corrected chi connectivity index (χ0v) is 19.3. The van der Waals surface area contributed by atoms with E-state index in [1.54, 1.807) is 12.1 Å². The van der Waals surface area contributed by atoms with Crippen LogP contribution in [0.25, 0.3) is 22.2 Å². The van der Waals surface area contributed by atoms with Gasteiger partial charge in [-0.3, -0.25) is 4.79 Å². The van der Waals surface area contributed by atoms with Crippen molar-refractivity contribution in [2.75, 3.05) is 6.54 Å². The van der Waals surface area contributed by atoms with Gasteiger partial charge in [-0.1, -0.05) is 74.5 Å². The molecule has 0 aliphatic heterocycles. The molecule has 0 fully saturated rings. The molecular formula is C25H28Cl2N2O. The van der Waals surface area contributed by atoms with Crippen LogP contribution in [-0.4, -0.2) is 17.4 Å². The highest BCUT2D eigenvalue weighted by atomic mass is 35.5. The highest BCUT2D eigenvalue weighted by Gasteiger charge is 2.20. The predicted octanol–water partition coefficient (Wildman–Crippen LogP) is 7.46. The zero-order chi connectivity index (χ0) is 21.7. The molecule has 1 atom stereocenters. The van der Waals surface area contributed by atoms with Gasteiger partial charge in [0.2, 0.25) is 0 Å². The highest BCUT2D eigenvalue weighted by molar-refractivity contribution is 6.36. The van der Waals surface area contributed by atoms with Crippen molar-refractivity contribution in [1.29, 1.82) is 0 Å². The van der Waals surface area contributed by atoms with E-state index in [1.165, 1.54) is 12.8 Å². The molecule has 1 N–H and O–H groups in total. The first-order chi connectivity index (χ1) is 14.5. The van der Waals surface area contributed by atoms with Gasteiger partial charge in [0.25, 0.3) is 5.91 Å². The number of carbonyl (C=O) groups is 1. The molecule has 0 aliphatic carbocycles. The van der Waals surface area contributed by atoms with Crippen LogP contribution in [0.2, 0.25) is 10.0 Å². The van der Waals surface area contributed by atoms with Crippen LogP contribution in [0, 0.1) is 12.8 Å². The number of hydrogen-bond donors (Lipinski definition) is 1. The molecular weight excluding hydrogens is 415 g/mol. The molecule has 0 spiro atoms. The van der Waals surface area contributed by atoms with Gasteiger partial charge in [-0.25, -0.2) is 4.98 Å². The summed E-state index contributed by atoms with van der Waals surface area (Å²) in [4.78, 5) is 18.1. The van der Waals surface area contributed by atoms with E-state index in [0.717, 1.165) is 34.9 Å². The molecule has 3 nitrogen and oxygen atoms in total. The van der Waals surface area contributed by atoms with E-state index in [-0.39, 0.29) is 5.91 Å². The summed E-state index contributed by atoms with van der Waals surface area (Å²) in [5, 5.41) is 5.11. The second-order valence-electron chi connectivity index (χ2n) is 7.73. The fourth-order valence-electron chi connectivity index (χ4n) is 3.81. The van der Waals surface area contributed by atoms with E-state index in [2.05, 4.69) is 19.2 Å². The maximum absolute atomic E-state index is 13.3. The molecule has 1 unspecified atom stereocenters. The average molecular weight is 443 g/mol. The van der Waals surface area contributed by atoms with Crippen molar-refractivity contribution >= 4 is 40.0 Å². The lowest BCUT2D eigenvalue weighted by Crippen LogP contribution is -2.30. The number of aromatic nitrogens is 1. The minimum Gasteiger partial charge on any atom is -0.352 e. The Kier molecular flexibility index (Phi) is 7.74. The Morgan fingerprint density at radius 3 is 2.60 bits per heavy atom. The molecule has 1 heterocycles. The van der Waals surface area contributed by atoms with Gasteiger partial charge in [0.1, 0.15) is 0 Å². The Hall–Kier alpha value is -2.10. The topological polar surface area (TPSA) is 42.0 Å². The van der Waals surface area contributed by atoms with E-state index in [1.807, 2.05) is 37.3 Å². The molecule has 3 aromatic rings. The molecule has 0 saturated carbocycles. The number of unbranched alkanes of at least 4 members (excludes halogenated alkanes) is 1. The van der Waals surface area contributed by atoms with E-state index >= 15 is 0 Å². The number of halogens is 2. The first-order valence-electron chi connectivity index (χ1n) is 10.6. The molecule has 158 valence electrons. The number of carbonyl (C=O) groups excluding carboxylic acids is 1. The van der Waals surface area contributed by atoms with Crippen molar-refractivity contribution in [3.05, 3.63) is 63.6 Å². The van der Waals surface area contributed by atoms with Gasteiger partial charge in [-0.15, -0.1) is 0 Å². The normalized spacial score (nSPS) is 12.2. The van der Waals surface area contributed by atoms with Crippen LogP contribution in [0.3, 0.4) is 0 Å². The summed E-state index contributed by atoms with van der Waals surface area (Å²) in [5.74, 6) is 0.430. The molecule has 2 aromatic carbocycles. The molecule has 0 radical (unpaired) electrons. The predicted molar refractivity (Wildman–Crippen MR) is 128 cm³/mol. The number of amides is 1. The number of nitrogens with zero attached hydrogens (tertiary/aromatic N) is 1. The Morgan fingerprint density at radius 1 is 1.13 bits per heavy atom. The number of nitrogens with one attached hydrogen (secondary N) is 1. The van der Waals surface area contributed by atoms with Crippen molar-refractivity contribution in [2.24, 2.45) is 5.92 Å². The summed E-state index contributed by atoms with van der Waals surface area (Å²) in [7, 11) is 0. The van der Waals surface area contributed by atoms with Gasteiger partial charge in [0.05, 0.1) is 21.8 Å². The summed E-state index contributed by atoms with van der Waals surface area (Å²) in [5.41, 5.74) is 3.72. The van der Waals surface area contributed by atoms with Gasteiger partial charge < -0.3 is 5.32 Å². The minimum atomic E-state index is -0.0626. The zero-order valence-electron chi connectivity index (χ0n) is 17.8. The van der Waals surface area contributed by atoms with Gasteiger partial charge in [0, 0.05) is 22.5 Å². The van der Waals surface area contributed by atoms with Crippen LogP contribution in [0.1, 0.15) is 55.5 Å². The molecule has 0 aliphatic rings. The Balaban J connectivity index is 2.03. The number of hydrogen-bond acceptors (Lipinski definition) is 2. The summed E-state index contributed by atoms with van der Waals surface area (Å²) >= 11 is 12.5. The van der Waals surface area contributed by atoms with E-state index < -0.39 is 0 Å². The summed E-state index contributed by atoms with van der Waals surface area (Å²) < 4.78 is 0. The van der Waals surface area contributed by atoms with Crippen LogP contribution in [0.15, 0.2) is 42.5 Å². The lowest BCUT2D eigenvalue weighted by Gasteiger charge is -2.18. The first-order valence-corrected chi connectivity index (χ1v) is 11.3. The Bertz CT molecular complexity index is 1050. The Labute approximate surface area is 188 Å². The summed E-state index contributed by atoms with van der Waals surface area (Å²) in [6.07, 6.45) is 4.55. The van der Waals surface area contributed by atoms with Crippen LogP contribution < -0.4 is 5.32 Å². The van der Waals surface area contributed by atoms with Gasteiger partial charge in [-0.2, -0.15) is 0 Å². The van der Waals surface area contributed by atoms with Gasteiger partial charge in [0.15, 0.2) is 0 Å². The standard InChI is InChI=1S/C25H28Cl2N2O/c1-4-6-9-17(5-2)15-28-25(30)23-16(3)24(19-13-12-18(26)14-21(19)27)29-22-11-8-7-10-20(22)23/h7-8,10-14,17H,4-6,9,15H2,1-3H3,(H,28,30). The number of fused-ring (bicyclic) bond motifs is 1. The fourth-order valence-corrected chi connectivity index (χ4v) is 4.31. The van der Waals surface area contributed by atoms with Gasteiger partial charge in [-0.05, 0) is 49.1 Å². The second-order valence-corrected chi connectivity index (χ2v) is 8.57. The molecule has 3 rings (SSSR count). The molecule has 0 saturated heterocycles. The lowest BCUT2D eigenvalue weighted by molar-refractivity contribution is 0.0947. The number of rotatable bonds is 8. The summed E-state index contributed by atoms with van der Waals surface area (Å²) in [6.45, 7) is 6.99. The number of pyridine rings is 1. The summed E-state index contributed by atoms with van der Waals surface area (Å²) in [6, 6.07) is 13.1. The number of para-hydroxylation sites is 1. The monoisotopic (exact) mass is 442 g/mol. The third kappa shape index (κ3) is 4.96. The van der Waals surface area contributed by atoms with Crippen molar-refractivity contribution in [3.63, 3.8) is 0 Å². The van der Waals surface area contributed by atoms with Crippen LogP contribution in [-0.2, 0) is 0 Å². The van der Waals surface area contributed by atoms with Crippen LogP contribution in [0.5, 0.6) is 0 Å². The molecule has 1 aromatic heterocycles. The van der Waals surface area contributed by atoms with Crippen molar-refractivity contribution in [2.45, 2.75) is 46.5 Å². The quantitative estimate of drug-likeness (QED) is 0.393. The molecule has 1 amide bonds. The van der Waals surface area contributed by atoms with E-state index in [9.17, 15) is 4.79 Å². The van der Waals surface area contributed by atoms with Crippen LogP contribution in [0.4, 0.5) is 0 Å². The minimum absolute atomic E-state index is 0.0626. The second kappa shape index (κ2) is 10.3.